The van der Waals surface area contributed by atoms with E-state index in [2.05, 4.69) is 6.92 Å². The van der Waals surface area contributed by atoms with E-state index in [0.29, 0.717) is 38.8 Å². The first-order valence-corrected chi connectivity index (χ1v) is 13.1. The van der Waals surface area contributed by atoms with Crippen molar-refractivity contribution >= 4 is 40.3 Å². The summed E-state index contributed by atoms with van der Waals surface area (Å²) in [6.45, 7) is 2.20. The summed E-state index contributed by atoms with van der Waals surface area (Å²) in [6, 6.07) is 17.7. The molecule has 2 fully saturated rings. The molecule has 1 aliphatic heterocycles. The number of hydrogen-bond donors (Lipinski definition) is 0. The van der Waals surface area contributed by atoms with E-state index in [0.717, 1.165) is 24.9 Å². The third-order valence-electron chi connectivity index (χ3n) is 6.78. The van der Waals surface area contributed by atoms with E-state index in [1.807, 2.05) is 35.2 Å². The van der Waals surface area contributed by atoms with Crippen molar-refractivity contribution in [3.8, 4) is 17.1 Å². The number of furan rings is 1. The molecule has 1 amide bonds. The van der Waals surface area contributed by atoms with Crippen LogP contribution < -0.4 is 4.74 Å². The summed E-state index contributed by atoms with van der Waals surface area (Å²) in [5.41, 5.74) is 1.01. The van der Waals surface area contributed by atoms with Gasteiger partial charge < -0.3 is 9.15 Å². The van der Waals surface area contributed by atoms with Crippen LogP contribution in [0.2, 0.25) is 0 Å². The number of thioether (sulfide) groups is 1. The zero-order valence-corrected chi connectivity index (χ0v) is 21.4. The molecule has 0 bridgehead atoms. The minimum absolute atomic E-state index is 0.0909. The second kappa shape index (κ2) is 10.6. The molecule has 2 atom stereocenters. The Kier molecular flexibility index (Phi) is 7.14. The number of amidine groups is 1. The fourth-order valence-electron chi connectivity index (χ4n) is 4.85. The molecule has 9 heteroatoms. The predicted octanol–water partition coefficient (Wildman–Crippen LogP) is 7.05. The van der Waals surface area contributed by atoms with E-state index in [9.17, 15) is 14.9 Å². The largest absolute Gasteiger partial charge is 0.497 e. The van der Waals surface area contributed by atoms with Gasteiger partial charge in [-0.15, -0.1) is 0 Å². The minimum atomic E-state index is -0.468. The Balaban J connectivity index is 1.48. The highest BCUT2D eigenvalue weighted by molar-refractivity contribution is 8.18. The van der Waals surface area contributed by atoms with Crippen LogP contribution in [0.5, 0.6) is 5.75 Å². The van der Waals surface area contributed by atoms with Gasteiger partial charge in [-0.3, -0.25) is 19.8 Å². The van der Waals surface area contributed by atoms with Crippen LogP contribution in [0.15, 0.2) is 75.0 Å². The standard InChI is InChI=1S/C28H27N3O5S/c1-18-8-6-7-11-23(18)30-27(32)26(37-28(30)29-19-9-4-3-5-10-19)17-21-13-15-25(36-21)22-14-12-20(35-2)16-24(22)31(33)34/h3-5,9-10,12-18,23H,6-8,11H2,1-2H3/b26-17-,29-28?/t18-,23+/m1/s1. The highest BCUT2D eigenvalue weighted by Gasteiger charge is 2.41. The number of amides is 1. The molecule has 0 radical (unpaired) electrons. The summed E-state index contributed by atoms with van der Waals surface area (Å²) < 4.78 is 11.1. The first-order valence-electron chi connectivity index (χ1n) is 12.2. The molecule has 1 saturated carbocycles. The molecule has 2 heterocycles. The Labute approximate surface area is 219 Å². The maximum absolute atomic E-state index is 13.7. The van der Waals surface area contributed by atoms with Crippen molar-refractivity contribution in [2.24, 2.45) is 10.9 Å². The zero-order chi connectivity index (χ0) is 25.9. The van der Waals surface area contributed by atoms with Gasteiger partial charge in [0.05, 0.1) is 34.3 Å². The molecule has 8 nitrogen and oxygen atoms in total. The summed E-state index contributed by atoms with van der Waals surface area (Å²) in [5.74, 6) is 1.46. The van der Waals surface area contributed by atoms with Gasteiger partial charge in [-0.05, 0) is 66.9 Å². The van der Waals surface area contributed by atoms with E-state index >= 15 is 0 Å². The molecule has 37 heavy (non-hydrogen) atoms. The molecule has 1 aliphatic carbocycles. The molecule has 5 rings (SSSR count). The van der Waals surface area contributed by atoms with E-state index in [4.69, 9.17) is 14.1 Å². The van der Waals surface area contributed by atoms with Gasteiger partial charge in [0.2, 0.25) is 0 Å². The van der Waals surface area contributed by atoms with Gasteiger partial charge in [-0.1, -0.05) is 38.0 Å². The van der Waals surface area contributed by atoms with Crippen molar-refractivity contribution < 1.29 is 18.9 Å². The van der Waals surface area contributed by atoms with Gasteiger partial charge >= 0.3 is 0 Å². The van der Waals surface area contributed by atoms with Crippen LogP contribution in [0.3, 0.4) is 0 Å². The summed E-state index contributed by atoms with van der Waals surface area (Å²) in [6.07, 6.45) is 5.98. The van der Waals surface area contributed by atoms with Gasteiger partial charge in [0.25, 0.3) is 11.6 Å². The number of nitro benzene ring substituents is 1. The molecule has 0 unspecified atom stereocenters. The molecule has 0 N–H and O–H groups in total. The Bertz CT molecular complexity index is 1380. The van der Waals surface area contributed by atoms with Gasteiger partial charge in [-0.2, -0.15) is 0 Å². The number of hydrogen-bond acceptors (Lipinski definition) is 7. The number of carbonyl (C=O) groups is 1. The number of ether oxygens (including phenoxy) is 1. The van der Waals surface area contributed by atoms with Crippen molar-refractivity contribution in [3.63, 3.8) is 0 Å². The van der Waals surface area contributed by atoms with Crippen LogP contribution in [0.25, 0.3) is 17.4 Å². The Morgan fingerprint density at radius 3 is 2.65 bits per heavy atom. The Hall–Kier alpha value is -3.85. The molecule has 2 aliphatic rings. The van der Waals surface area contributed by atoms with Crippen molar-refractivity contribution in [1.29, 1.82) is 0 Å². The second-order valence-electron chi connectivity index (χ2n) is 9.19. The topological polar surface area (TPSA) is 98.2 Å². The second-order valence-corrected chi connectivity index (χ2v) is 10.2. The van der Waals surface area contributed by atoms with E-state index in [-0.39, 0.29) is 17.6 Å². The minimum Gasteiger partial charge on any atom is -0.497 e. The molecule has 190 valence electrons. The van der Waals surface area contributed by atoms with E-state index < -0.39 is 4.92 Å². The first kappa shape index (κ1) is 24.8. The molecular formula is C28H27N3O5S. The maximum Gasteiger partial charge on any atom is 0.284 e. The number of rotatable bonds is 6. The van der Waals surface area contributed by atoms with Gasteiger partial charge in [0.15, 0.2) is 5.17 Å². The number of methoxy groups -OCH3 is 1. The average molecular weight is 518 g/mol. The molecule has 1 aromatic heterocycles. The lowest BCUT2D eigenvalue weighted by Crippen LogP contribution is -2.44. The fraction of sp³-hybridized carbons (Fsp3) is 0.286. The van der Waals surface area contributed by atoms with E-state index in [1.54, 1.807) is 30.3 Å². The summed E-state index contributed by atoms with van der Waals surface area (Å²) in [4.78, 5) is 32.0. The number of carbonyl (C=O) groups excluding carboxylic acids is 1. The SMILES string of the molecule is COc1ccc(-c2ccc(/C=C3\SC(=Nc4ccccc4)N([C@H]4CCCC[C@H]4C)C3=O)o2)c([N+](=O)[O-])c1. The van der Waals surface area contributed by atoms with Crippen LogP contribution in [-0.2, 0) is 4.79 Å². The van der Waals surface area contributed by atoms with Crippen LogP contribution in [0.4, 0.5) is 11.4 Å². The third kappa shape index (κ3) is 5.17. The van der Waals surface area contributed by atoms with Crippen molar-refractivity contribution in [3.05, 3.63) is 81.4 Å². The quantitative estimate of drug-likeness (QED) is 0.197. The fourth-order valence-corrected chi connectivity index (χ4v) is 5.88. The molecular weight excluding hydrogens is 490 g/mol. The molecule has 0 spiro atoms. The average Bonchev–Trinajstić information content (AvgIpc) is 3.49. The summed E-state index contributed by atoms with van der Waals surface area (Å²) in [7, 11) is 1.46. The van der Waals surface area contributed by atoms with Crippen LogP contribution in [0, 0.1) is 16.0 Å². The predicted molar refractivity (Wildman–Crippen MR) is 145 cm³/mol. The lowest BCUT2D eigenvalue weighted by molar-refractivity contribution is -0.384. The monoisotopic (exact) mass is 517 g/mol. The van der Waals surface area contributed by atoms with Crippen LogP contribution in [-0.4, -0.2) is 34.0 Å². The van der Waals surface area contributed by atoms with Crippen molar-refractivity contribution in [1.82, 2.24) is 4.90 Å². The Morgan fingerprint density at radius 1 is 1.14 bits per heavy atom. The van der Waals surface area contributed by atoms with Crippen LogP contribution in [0.1, 0.15) is 38.4 Å². The number of nitro groups is 1. The summed E-state index contributed by atoms with van der Waals surface area (Å²) in [5, 5.41) is 12.3. The van der Waals surface area contributed by atoms with Gasteiger partial charge in [-0.25, -0.2) is 4.99 Å². The lowest BCUT2D eigenvalue weighted by atomic mass is 9.85. The van der Waals surface area contributed by atoms with E-state index in [1.165, 1.54) is 31.4 Å². The number of aliphatic imine (C=N–C) groups is 1. The smallest absolute Gasteiger partial charge is 0.284 e. The van der Waals surface area contributed by atoms with Gasteiger partial charge in [0, 0.05) is 12.1 Å². The first-order chi connectivity index (χ1) is 17.9. The Morgan fingerprint density at radius 2 is 1.92 bits per heavy atom. The van der Waals surface area contributed by atoms with Crippen molar-refractivity contribution in [2.45, 2.75) is 38.6 Å². The highest BCUT2D eigenvalue weighted by atomic mass is 32.2. The maximum atomic E-state index is 13.7. The number of nitrogens with zero attached hydrogens (tertiary/aromatic N) is 3. The third-order valence-corrected chi connectivity index (χ3v) is 7.77. The summed E-state index contributed by atoms with van der Waals surface area (Å²) >= 11 is 1.33. The number of benzene rings is 2. The van der Waals surface area contributed by atoms with Crippen LogP contribution >= 0.6 is 11.8 Å². The lowest BCUT2D eigenvalue weighted by Gasteiger charge is -2.35. The molecule has 1 saturated heterocycles. The molecule has 3 aromatic rings. The zero-order valence-electron chi connectivity index (χ0n) is 20.6. The van der Waals surface area contributed by atoms with Crippen molar-refractivity contribution in [2.75, 3.05) is 7.11 Å². The highest BCUT2D eigenvalue weighted by Crippen LogP contribution is 2.41. The normalized spacial score (nSPS) is 22.1. The number of para-hydroxylation sites is 1. The molecule has 2 aromatic carbocycles. The van der Waals surface area contributed by atoms with Gasteiger partial charge in [0.1, 0.15) is 17.3 Å².